The topological polar surface area (TPSA) is 74.2 Å². The highest BCUT2D eigenvalue weighted by molar-refractivity contribution is 5.68. The molecule has 0 spiro atoms. The van der Waals surface area contributed by atoms with E-state index in [0.29, 0.717) is 13.0 Å². The van der Waals surface area contributed by atoms with Gasteiger partial charge in [0.05, 0.1) is 6.07 Å². The molecule has 0 heterocycles. The summed E-state index contributed by atoms with van der Waals surface area (Å²) in [5.74, 6) is 0. The van der Waals surface area contributed by atoms with Crippen molar-refractivity contribution in [2.24, 2.45) is 5.41 Å². The Kier molecular flexibility index (Phi) is 7.59. The highest BCUT2D eigenvalue weighted by Crippen LogP contribution is 2.20. The number of nitrogens with zero attached hydrogens (tertiary/aromatic N) is 1. The van der Waals surface area contributed by atoms with Crippen molar-refractivity contribution in [1.29, 1.82) is 5.26 Å². The van der Waals surface area contributed by atoms with Gasteiger partial charge in [0.15, 0.2) is 0 Å². The third-order valence-electron chi connectivity index (χ3n) is 2.73. The number of nitrogens with one attached hydrogen (secondary N) is 2. The molecule has 0 saturated carbocycles. The Bertz CT molecular complexity index is 340. The molecule has 0 radical (unpaired) electrons. The first-order chi connectivity index (χ1) is 9.06. The number of carbonyl (C=O) groups is 1. The summed E-state index contributed by atoms with van der Waals surface area (Å²) < 4.78 is 5.19. The monoisotopic (exact) mass is 283 g/mol. The Labute approximate surface area is 123 Å². The van der Waals surface area contributed by atoms with Gasteiger partial charge >= 0.3 is 6.09 Å². The number of amides is 1. The second kappa shape index (κ2) is 8.11. The van der Waals surface area contributed by atoms with Crippen molar-refractivity contribution in [1.82, 2.24) is 10.6 Å². The Hall–Kier alpha value is -1.28. The van der Waals surface area contributed by atoms with Crippen LogP contribution in [0, 0.1) is 16.7 Å². The normalized spacial score (nSPS) is 13.4. The van der Waals surface area contributed by atoms with Crippen LogP contribution in [-0.2, 0) is 4.74 Å². The van der Waals surface area contributed by atoms with Gasteiger partial charge in [0.2, 0.25) is 0 Å². The molecule has 0 bridgehead atoms. The molecular weight excluding hydrogens is 254 g/mol. The molecular formula is C15H29N3O2. The standard InChI is InChI=1S/C15H29N3O2/c1-12(18-13(19)20-14(2,3)4)10-17-11-15(5,6)8-7-9-16/h12,17H,7-8,10-11H2,1-6H3,(H,18,19). The van der Waals surface area contributed by atoms with E-state index in [1.54, 1.807) is 0 Å². The lowest BCUT2D eigenvalue weighted by molar-refractivity contribution is 0.0508. The molecule has 2 N–H and O–H groups in total. The molecule has 0 aliphatic carbocycles. The van der Waals surface area contributed by atoms with Crippen LogP contribution in [0.4, 0.5) is 4.79 Å². The van der Waals surface area contributed by atoms with E-state index in [1.165, 1.54) is 0 Å². The van der Waals surface area contributed by atoms with Crippen molar-refractivity contribution in [2.45, 2.75) is 66.0 Å². The van der Waals surface area contributed by atoms with Gasteiger partial charge in [-0.1, -0.05) is 13.8 Å². The van der Waals surface area contributed by atoms with Gasteiger partial charge in [-0.15, -0.1) is 0 Å². The van der Waals surface area contributed by atoms with Crippen LogP contribution in [0.25, 0.3) is 0 Å². The van der Waals surface area contributed by atoms with E-state index in [2.05, 4.69) is 30.6 Å². The zero-order valence-electron chi connectivity index (χ0n) is 13.7. The smallest absolute Gasteiger partial charge is 0.407 e. The molecule has 0 rings (SSSR count). The van der Waals surface area contributed by atoms with Gasteiger partial charge in [-0.05, 0) is 39.5 Å². The van der Waals surface area contributed by atoms with Gasteiger partial charge in [0.1, 0.15) is 5.60 Å². The van der Waals surface area contributed by atoms with Crippen LogP contribution in [-0.4, -0.2) is 30.8 Å². The zero-order chi connectivity index (χ0) is 15.8. The summed E-state index contributed by atoms with van der Waals surface area (Å²) >= 11 is 0. The summed E-state index contributed by atoms with van der Waals surface area (Å²) in [7, 11) is 0. The molecule has 1 amide bonds. The first kappa shape index (κ1) is 18.7. The van der Waals surface area contributed by atoms with Crippen molar-refractivity contribution < 1.29 is 9.53 Å². The number of hydrogen-bond acceptors (Lipinski definition) is 4. The van der Waals surface area contributed by atoms with E-state index in [0.717, 1.165) is 13.0 Å². The number of alkyl carbamates (subject to hydrolysis) is 1. The van der Waals surface area contributed by atoms with Gasteiger partial charge in [0.25, 0.3) is 0 Å². The summed E-state index contributed by atoms with van der Waals surface area (Å²) in [6.07, 6.45) is 1.04. The van der Waals surface area contributed by atoms with Crippen LogP contribution in [0.1, 0.15) is 54.4 Å². The third-order valence-corrected chi connectivity index (χ3v) is 2.73. The molecule has 0 aromatic heterocycles. The minimum Gasteiger partial charge on any atom is -0.444 e. The lowest BCUT2D eigenvalue weighted by Crippen LogP contribution is -2.44. The lowest BCUT2D eigenvalue weighted by atomic mass is 9.88. The van der Waals surface area contributed by atoms with Crippen molar-refractivity contribution in [3.8, 4) is 6.07 Å². The van der Waals surface area contributed by atoms with Crippen molar-refractivity contribution >= 4 is 6.09 Å². The maximum atomic E-state index is 11.6. The molecule has 0 aliphatic rings. The van der Waals surface area contributed by atoms with E-state index in [9.17, 15) is 4.79 Å². The summed E-state index contributed by atoms with van der Waals surface area (Å²) in [5.41, 5.74) is -0.391. The highest BCUT2D eigenvalue weighted by atomic mass is 16.6. The average molecular weight is 283 g/mol. The minimum absolute atomic E-state index is 0.00313. The van der Waals surface area contributed by atoms with Crippen LogP contribution in [0.3, 0.4) is 0 Å². The van der Waals surface area contributed by atoms with Crippen molar-refractivity contribution in [3.63, 3.8) is 0 Å². The van der Waals surface area contributed by atoms with E-state index >= 15 is 0 Å². The van der Waals surface area contributed by atoms with Crippen LogP contribution >= 0.6 is 0 Å². The zero-order valence-corrected chi connectivity index (χ0v) is 13.7. The summed E-state index contributed by atoms with van der Waals surface area (Å²) in [6, 6.07) is 2.17. The maximum Gasteiger partial charge on any atom is 0.407 e. The number of ether oxygens (including phenoxy) is 1. The van der Waals surface area contributed by atoms with Crippen LogP contribution < -0.4 is 10.6 Å². The Morgan fingerprint density at radius 3 is 2.40 bits per heavy atom. The fourth-order valence-corrected chi connectivity index (χ4v) is 1.67. The number of hydrogen-bond donors (Lipinski definition) is 2. The molecule has 0 fully saturated rings. The Morgan fingerprint density at radius 1 is 1.30 bits per heavy atom. The predicted molar refractivity (Wildman–Crippen MR) is 80.3 cm³/mol. The molecule has 20 heavy (non-hydrogen) atoms. The maximum absolute atomic E-state index is 11.6. The molecule has 1 atom stereocenters. The Balaban J connectivity index is 3.92. The van der Waals surface area contributed by atoms with Crippen LogP contribution in [0.5, 0.6) is 0 Å². The number of rotatable bonds is 7. The first-order valence-corrected chi connectivity index (χ1v) is 7.13. The fraction of sp³-hybridized carbons (Fsp3) is 0.867. The fourth-order valence-electron chi connectivity index (χ4n) is 1.67. The quantitative estimate of drug-likeness (QED) is 0.753. The SMILES string of the molecule is CC(CNCC(C)(C)CCC#N)NC(=O)OC(C)(C)C. The van der Waals surface area contributed by atoms with Crippen LogP contribution in [0.15, 0.2) is 0 Å². The molecule has 5 nitrogen and oxygen atoms in total. The average Bonchev–Trinajstić information content (AvgIpc) is 2.23. The van der Waals surface area contributed by atoms with Gasteiger partial charge in [-0.25, -0.2) is 4.79 Å². The van der Waals surface area contributed by atoms with E-state index in [4.69, 9.17) is 10.00 Å². The third kappa shape index (κ3) is 10.6. The largest absolute Gasteiger partial charge is 0.444 e. The van der Waals surface area contributed by atoms with E-state index in [-0.39, 0.29) is 11.5 Å². The van der Waals surface area contributed by atoms with E-state index in [1.807, 2.05) is 27.7 Å². The predicted octanol–water partition coefficient (Wildman–Crippen LogP) is 2.82. The second-order valence-electron chi connectivity index (χ2n) is 7.00. The molecule has 5 heteroatoms. The van der Waals surface area contributed by atoms with Crippen molar-refractivity contribution in [2.75, 3.05) is 13.1 Å². The Morgan fingerprint density at radius 2 is 1.90 bits per heavy atom. The summed E-state index contributed by atoms with van der Waals surface area (Å²) in [4.78, 5) is 11.6. The first-order valence-electron chi connectivity index (χ1n) is 7.13. The van der Waals surface area contributed by atoms with Gasteiger partial charge in [0, 0.05) is 25.6 Å². The minimum atomic E-state index is -0.476. The molecule has 1 unspecified atom stereocenters. The number of carbonyl (C=O) groups excluding carboxylic acids is 1. The highest BCUT2D eigenvalue weighted by Gasteiger charge is 2.19. The van der Waals surface area contributed by atoms with Gasteiger partial charge < -0.3 is 15.4 Å². The van der Waals surface area contributed by atoms with Crippen LogP contribution in [0.2, 0.25) is 0 Å². The molecule has 116 valence electrons. The summed E-state index contributed by atoms with van der Waals surface area (Å²) in [5, 5.41) is 14.7. The molecule has 0 aromatic carbocycles. The van der Waals surface area contributed by atoms with Gasteiger partial charge in [-0.3, -0.25) is 0 Å². The van der Waals surface area contributed by atoms with Crippen molar-refractivity contribution in [3.05, 3.63) is 0 Å². The molecule has 0 aromatic rings. The van der Waals surface area contributed by atoms with Gasteiger partial charge in [-0.2, -0.15) is 5.26 Å². The number of nitriles is 1. The molecule has 0 aliphatic heterocycles. The summed E-state index contributed by atoms with van der Waals surface area (Å²) in [6.45, 7) is 13.2. The molecule has 0 saturated heterocycles. The second-order valence-corrected chi connectivity index (χ2v) is 7.00. The lowest BCUT2D eigenvalue weighted by Gasteiger charge is -2.26. The van der Waals surface area contributed by atoms with E-state index < -0.39 is 11.7 Å².